The Kier molecular flexibility index (Phi) is 6.60. The van der Waals surface area contributed by atoms with Crippen molar-refractivity contribution in [3.05, 3.63) is 17.8 Å². The zero-order valence-electron chi connectivity index (χ0n) is 18.6. The van der Waals surface area contributed by atoms with Crippen LogP contribution in [0.25, 0.3) is 0 Å². The maximum absolute atomic E-state index is 12.3. The first-order valence-corrected chi connectivity index (χ1v) is 12.3. The number of carbonyl (C=O) groups is 1. The molecule has 0 aromatic carbocycles. The molecule has 2 saturated heterocycles. The quantitative estimate of drug-likeness (QED) is 0.751. The SMILES string of the molecule is O=C(NC1CCC(CCN2CCN(c3nccc4c3OCC4)CC2)CC1)[C@@H]1CCCO1. The van der Waals surface area contributed by atoms with E-state index in [9.17, 15) is 4.79 Å². The van der Waals surface area contributed by atoms with Crippen molar-refractivity contribution in [2.45, 2.75) is 63.5 Å². The predicted molar refractivity (Wildman–Crippen MR) is 120 cm³/mol. The fourth-order valence-electron chi connectivity index (χ4n) is 5.54. The van der Waals surface area contributed by atoms with Gasteiger partial charge in [-0.05, 0) is 63.5 Å². The Labute approximate surface area is 185 Å². The molecule has 1 saturated carbocycles. The molecule has 1 aliphatic carbocycles. The molecule has 0 radical (unpaired) electrons. The summed E-state index contributed by atoms with van der Waals surface area (Å²) in [4.78, 5) is 21.9. The van der Waals surface area contributed by atoms with Gasteiger partial charge in [-0.25, -0.2) is 4.98 Å². The second-order valence-electron chi connectivity index (χ2n) is 9.57. The van der Waals surface area contributed by atoms with Crippen LogP contribution in [0, 0.1) is 5.92 Å². The van der Waals surface area contributed by atoms with E-state index >= 15 is 0 Å². The van der Waals surface area contributed by atoms with Crippen LogP contribution in [0.15, 0.2) is 12.3 Å². The molecule has 0 unspecified atom stereocenters. The zero-order valence-corrected chi connectivity index (χ0v) is 18.6. The summed E-state index contributed by atoms with van der Waals surface area (Å²) in [5.74, 6) is 2.96. The first kappa shape index (κ1) is 21.0. The summed E-state index contributed by atoms with van der Waals surface area (Å²) < 4.78 is 11.4. The van der Waals surface area contributed by atoms with Crippen molar-refractivity contribution in [2.24, 2.45) is 5.92 Å². The van der Waals surface area contributed by atoms with E-state index in [0.29, 0.717) is 6.04 Å². The minimum absolute atomic E-state index is 0.114. The largest absolute Gasteiger partial charge is 0.489 e. The van der Waals surface area contributed by atoms with Crippen molar-refractivity contribution in [3.63, 3.8) is 0 Å². The molecule has 31 heavy (non-hydrogen) atoms. The number of fused-ring (bicyclic) bond motifs is 1. The Bertz CT molecular complexity index is 751. The maximum atomic E-state index is 12.3. The molecular weight excluding hydrogens is 392 g/mol. The summed E-state index contributed by atoms with van der Waals surface area (Å²) in [5.41, 5.74) is 1.30. The number of pyridine rings is 1. The third-order valence-corrected chi connectivity index (χ3v) is 7.53. The number of carbonyl (C=O) groups excluding carboxylic acids is 1. The van der Waals surface area contributed by atoms with Crippen LogP contribution in [0.3, 0.4) is 0 Å². The molecule has 1 N–H and O–H groups in total. The number of amides is 1. The molecule has 3 aliphatic heterocycles. The zero-order chi connectivity index (χ0) is 21.0. The summed E-state index contributed by atoms with van der Waals surface area (Å²) >= 11 is 0. The van der Waals surface area contributed by atoms with E-state index in [1.807, 2.05) is 6.20 Å². The van der Waals surface area contributed by atoms with Gasteiger partial charge < -0.3 is 19.7 Å². The van der Waals surface area contributed by atoms with Gasteiger partial charge in [-0.15, -0.1) is 0 Å². The van der Waals surface area contributed by atoms with Gasteiger partial charge in [-0.3, -0.25) is 9.69 Å². The van der Waals surface area contributed by atoms with Gasteiger partial charge in [-0.2, -0.15) is 0 Å². The first-order valence-electron chi connectivity index (χ1n) is 12.3. The van der Waals surface area contributed by atoms with Gasteiger partial charge in [0.15, 0.2) is 11.6 Å². The lowest BCUT2D eigenvalue weighted by Gasteiger charge is -2.37. The number of rotatable bonds is 6. The van der Waals surface area contributed by atoms with Crippen LogP contribution in [0.4, 0.5) is 5.82 Å². The fraction of sp³-hybridized carbons (Fsp3) is 0.750. The third-order valence-electron chi connectivity index (χ3n) is 7.53. The molecule has 0 spiro atoms. The van der Waals surface area contributed by atoms with Gasteiger partial charge in [-0.1, -0.05) is 0 Å². The predicted octanol–water partition coefficient (Wildman–Crippen LogP) is 2.38. The van der Waals surface area contributed by atoms with Crippen molar-refractivity contribution in [3.8, 4) is 5.75 Å². The van der Waals surface area contributed by atoms with Crippen LogP contribution < -0.4 is 15.0 Å². The molecule has 1 aromatic rings. The van der Waals surface area contributed by atoms with Crippen LogP contribution in [0.2, 0.25) is 0 Å². The lowest BCUT2D eigenvalue weighted by molar-refractivity contribution is -0.131. The highest BCUT2D eigenvalue weighted by Gasteiger charge is 2.29. The molecular formula is C24H36N4O3. The second-order valence-corrected chi connectivity index (χ2v) is 9.57. The molecule has 1 amide bonds. The van der Waals surface area contributed by atoms with Crippen molar-refractivity contribution in [1.29, 1.82) is 0 Å². The summed E-state index contributed by atoms with van der Waals surface area (Å²) in [5, 5.41) is 3.23. The van der Waals surface area contributed by atoms with E-state index < -0.39 is 0 Å². The van der Waals surface area contributed by atoms with Crippen molar-refractivity contribution in [2.75, 3.05) is 50.8 Å². The van der Waals surface area contributed by atoms with Gasteiger partial charge in [0, 0.05) is 57.0 Å². The van der Waals surface area contributed by atoms with Gasteiger partial charge >= 0.3 is 0 Å². The highest BCUT2D eigenvalue weighted by Crippen LogP contribution is 2.34. The molecule has 4 heterocycles. The lowest BCUT2D eigenvalue weighted by atomic mass is 9.84. The van der Waals surface area contributed by atoms with Crippen LogP contribution in [0.1, 0.15) is 50.5 Å². The van der Waals surface area contributed by atoms with E-state index in [4.69, 9.17) is 9.47 Å². The molecule has 3 fully saturated rings. The average Bonchev–Trinajstić information content (AvgIpc) is 3.51. The molecule has 1 atom stereocenters. The van der Waals surface area contributed by atoms with E-state index in [-0.39, 0.29) is 12.0 Å². The molecule has 4 aliphatic rings. The maximum Gasteiger partial charge on any atom is 0.249 e. The number of ether oxygens (including phenoxy) is 2. The number of piperazine rings is 1. The smallest absolute Gasteiger partial charge is 0.249 e. The molecule has 7 nitrogen and oxygen atoms in total. The van der Waals surface area contributed by atoms with Gasteiger partial charge in [0.05, 0.1) is 6.61 Å². The number of hydrogen-bond acceptors (Lipinski definition) is 6. The number of nitrogens with zero attached hydrogens (tertiary/aromatic N) is 3. The minimum Gasteiger partial charge on any atom is -0.489 e. The topological polar surface area (TPSA) is 66.9 Å². The van der Waals surface area contributed by atoms with Crippen molar-refractivity contribution >= 4 is 11.7 Å². The standard InChI is InChI=1S/C24H36N4O3/c29-24(21-2-1-16-30-21)26-20-5-3-18(4-6-20)8-11-27-12-14-28(15-13-27)23-22-19(7-10-25-23)9-17-31-22/h7,10,18,20-21H,1-6,8-9,11-17H2,(H,26,29)/t18?,20?,21-/m0/s1. The van der Waals surface area contributed by atoms with Crippen molar-refractivity contribution in [1.82, 2.24) is 15.2 Å². The Morgan fingerprint density at radius 1 is 1.10 bits per heavy atom. The Morgan fingerprint density at radius 3 is 2.71 bits per heavy atom. The fourth-order valence-corrected chi connectivity index (χ4v) is 5.54. The number of anilines is 1. The minimum atomic E-state index is -0.199. The summed E-state index contributed by atoms with van der Waals surface area (Å²) in [6.45, 7) is 6.94. The van der Waals surface area contributed by atoms with Crippen LogP contribution in [-0.2, 0) is 16.0 Å². The van der Waals surface area contributed by atoms with Gasteiger partial charge in [0.25, 0.3) is 0 Å². The van der Waals surface area contributed by atoms with Gasteiger partial charge in [0.1, 0.15) is 6.10 Å². The molecule has 7 heteroatoms. The van der Waals surface area contributed by atoms with E-state index in [1.54, 1.807) is 0 Å². The van der Waals surface area contributed by atoms with Gasteiger partial charge in [0.2, 0.25) is 5.91 Å². The lowest BCUT2D eigenvalue weighted by Crippen LogP contribution is -2.47. The molecule has 5 rings (SSSR count). The Hall–Kier alpha value is -1.86. The summed E-state index contributed by atoms with van der Waals surface area (Å²) in [6, 6.07) is 2.43. The monoisotopic (exact) mass is 428 g/mol. The molecule has 1 aromatic heterocycles. The first-order chi connectivity index (χ1) is 15.3. The highest BCUT2D eigenvalue weighted by molar-refractivity contribution is 5.81. The average molecular weight is 429 g/mol. The summed E-state index contributed by atoms with van der Waals surface area (Å²) in [7, 11) is 0. The van der Waals surface area contributed by atoms with Crippen LogP contribution in [-0.4, -0.2) is 73.9 Å². The number of hydrogen-bond donors (Lipinski definition) is 1. The Balaban J connectivity index is 1.01. The van der Waals surface area contributed by atoms with E-state index in [0.717, 1.165) is 89.0 Å². The third kappa shape index (κ3) is 4.98. The van der Waals surface area contributed by atoms with E-state index in [2.05, 4.69) is 26.2 Å². The van der Waals surface area contributed by atoms with Crippen LogP contribution >= 0.6 is 0 Å². The molecule has 170 valence electrons. The normalized spacial score (nSPS) is 28.9. The number of nitrogens with one attached hydrogen (secondary N) is 1. The Morgan fingerprint density at radius 2 is 1.94 bits per heavy atom. The second kappa shape index (κ2) is 9.74. The highest BCUT2D eigenvalue weighted by atomic mass is 16.5. The summed E-state index contributed by atoms with van der Waals surface area (Å²) in [6.07, 6.45) is 10.6. The van der Waals surface area contributed by atoms with Crippen LogP contribution in [0.5, 0.6) is 5.75 Å². The number of aromatic nitrogens is 1. The molecule has 0 bridgehead atoms. The van der Waals surface area contributed by atoms with Crippen molar-refractivity contribution < 1.29 is 14.3 Å². The van der Waals surface area contributed by atoms with E-state index in [1.165, 1.54) is 31.4 Å².